The smallest absolute Gasteiger partial charge is 0.216 e. The van der Waals surface area contributed by atoms with E-state index in [0.717, 1.165) is 5.56 Å². The molecular formula is C23H24FN7O3. The molecule has 4 rings (SSSR count). The van der Waals surface area contributed by atoms with Crippen LogP contribution in [0.2, 0.25) is 0 Å². The fourth-order valence-electron chi connectivity index (χ4n) is 3.44. The summed E-state index contributed by atoms with van der Waals surface area (Å²) in [6.07, 6.45) is 5.20. The Morgan fingerprint density at radius 1 is 1.21 bits per heavy atom. The summed E-state index contributed by atoms with van der Waals surface area (Å²) in [6, 6.07) is 6.42. The molecule has 0 unspecified atom stereocenters. The van der Waals surface area contributed by atoms with Crippen LogP contribution in [0, 0.1) is 5.82 Å². The van der Waals surface area contributed by atoms with Gasteiger partial charge in [0.05, 0.1) is 32.3 Å². The Kier molecular flexibility index (Phi) is 6.53. The third-order valence-electron chi connectivity index (χ3n) is 5.10. The van der Waals surface area contributed by atoms with Crippen molar-refractivity contribution in [3.8, 4) is 22.8 Å². The molecule has 1 N–H and O–H groups in total. The first kappa shape index (κ1) is 22.9. The zero-order valence-electron chi connectivity index (χ0n) is 19.2. The molecular weight excluding hydrogens is 441 g/mol. The van der Waals surface area contributed by atoms with Gasteiger partial charge >= 0.3 is 0 Å². The molecule has 0 spiro atoms. The second kappa shape index (κ2) is 9.69. The SMILES string of the molecule is COc1cc(/N=c2\ccc3ncc(-c4cnn(C)c4)nc3n2CCNC(C)=O)c(F)c(OC)c1. The summed E-state index contributed by atoms with van der Waals surface area (Å²) in [5.74, 6) is -0.361. The molecule has 11 heteroatoms. The fourth-order valence-corrected chi connectivity index (χ4v) is 3.44. The molecule has 10 nitrogen and oxygen atoms in total. The lowest BCUT2D eigenvalue weighted by molar-refractivity contribution is -0.118. The minimum absolute atomic E-state index is 0.0161. The van der Waals surface area contributed by atoms with Crippen molar-refractivity contribution in [1.82, 2.24) is 29.6 Å². The van der Waals surface area contributed by atoms with Gasteiger partial charge in [0.2, 0.25) is 5.91 Å². The van der Waals surface area contributed by atoms with E-state index in [9.17, 15) is 9.18 Å². The molecule has 1 amide bonds. The molecule has 0 aliphatic heterocycles. The molecule has 0 aliphatic rings. The Labute approximate surface area is 194 Å². The number of carbonyl (C=O) groups excluding carboxylic acids is 1. The Balaban J connectivity index is 1.92. The van der Waals surface area contributed by atoms with Crippen molar-refractivity contribution in [1.29, 1.82) is 0 Å². The molecule has 0 radical (unpaired) electrons. The molecule has 0 saturated carbocycles. The predicted octanol–water partition coefficient (Wildman–Crippen LogP) is 2.36. The Morgan fingerprint density at radius 3 is 2.71 bits per heavy atom. The minimum Gasteiger partial charge on any atom is -0.497 e. The number of methoxy groups -OCH3 is 2. The first-order valence-corrected chi connectivity index (χ1v) is 10.5. The van der Waals surface area contributed by atoms with Crippen molar-refractivity contribution < 1.29 is 18.7 Å². The fraction of sp³-hybridized carbons (Fsp3) is 0.261. The van der Waals surface area contributed by atoms with Crippen LogP contribution < -0.4 is 20.3 Å². The number of fused-ring (bicyclic) bond motifs is 1. The van der Waals surface area contributed by atoms with Gasteiger partial charge < -0.3 is 19.4 Å². The first-order valence-electron chi connectivity index (χ1n) is 10.5. The maximum Gasteiger partial charge on any atom is 0.216 e. The van der Waals surface area contributed by atoms with E-state index in [-0.39, 0.29) is 17.3 Å². The third-order valence-corrected chi connectivity index (χ3v) is 5.10. The van der Waals surface area contributed by atoms with Gasteiger partial charge in [-0.15, -0.1) is 0 Å². The van der Waals surface area contributed by atoms with Crippen LogP contribution in [0.1, 0.15) is 6.92 Å². The highest BCUT2D eigenvalue weighted by molar-refractivity contribution is 5.74. The number of rotatable bonds is 7. The van der Waals surface area contributed by atoms with E-state index >= 15 is 0 Å². The Morgan fingerprint density at radius 2 is 2.03 bits per heavy atom. The summed E-state index contributed by atoms with van der Waals surface area (Å²) in [5.41, 5.74) is 3.04. The van der Waals surface area contributed by atoms with Crippen LogP contribution in [0.15, 0.2) is 47.8 Å². The number of carbonyl (C=O) groups is 1. The van der Waals surface area contributed by atoms with Gasteiger partial charge in [0, 0.05) is 51.0 Å². The second-order valence-corrected chi connectivity index (χ2v) is 7.47. The number of halogens is 1. The maximum atomic E-state index is 15.0. The van der Waals surface area contributed by atoms with Crippen LogP contribution in [-0.4, -0.2) is 51.0 Å². The average molecular weight is 465 g/mol. The number of hydrogen-bond acceptors (Lipinski definition) is 7. The molecule has 4 aromatic rings. The number of nitrogens with zero attached hydrogens (tertiary/aromatic N) is 6. The lowest BCUT2D eigenvalue weighted by Gasteiger charge is -2.13. The molecule has 0 atom stereocenters. The molecule has 0 fully saturated rings. The average Bonchev–Trinajstić information content (AvgIpc) is 3.27. The summed E-state index contributed by atoms with van der Waals surface area (Å²) in [7, 11) is 4.68. The van der Waals surface area contributed by atoms with E-state index in [1.165, 1.54) is 33.3 Å². The quantitative estimate of drug-likeness (QED) is 0.449. The van der Waals surface area contributed by atoms with Crippen LogP contribution in [-0.2, 0) is 18.4 Å². The molecule has 3 heterocycles. The van der Waals surface area contributed by atoms with Gasteiger partial charge in [0.1, 0.15) is 22.4 Å². The van der Waals surface area contributed by atoms with Gasteiger partial charge in [-0.1, -0.05) is 0 Å². The van der Waals surface area contributed by atoms with E-state index in [2.05, 4.69) is 20.4 Å². The maximum absolute atomic E-state index is 15.0. The summed E-state index contributed by atoms with van der Waals surface area (Å²) in [5, 5.41) is 6.96. The monoisotopic (exact) mass is 465 g/mol. The van der Waals surface area contributed by atoms with Crippen molar-refractivity contribution >= 4 is 22.8 Å². The number of aromatic nitrogens is 5. The highest BCUT2D eigenvalue weighted by atomic mass is 19.1. The predicted molar refractivity (Wildman–Crippen MR) is 123 cm³/mol. The topological polar surface area (TPSA) is 108 Å². The van der Waals surface area contributed by atoms with Gasteiger partial charge in [0.15, 0.2) is 17.2 Å². The van der Waals surface area contributed by atoms with Crippen LogP contribution in [0.5, 0.6) is 11.5 Å². The van der Waals surface area contributed by atoms with Crippen molar-refractivity contribution in [2.24, 2.45) is 12.0 Å². The molecule has 176 valence electrons. The van der Waals surface area contributed by atoms with Gasteiger partial charge in [-0.25, -0.2) is 14.4 Å². The Bertz CT molecular complexity index is 1430. The van der Waals surface area contributed by atoms with Gasteiger partial charge in [-0.05, 0) is 12.1 Å². The number of aryl methyl sites for hydroxylation is 1. The summed E-state index contributed by atoms with van der Waals surface area (Å²) in [4.78, 5) is 25.3. The van der Waals surface area contributed by atoms with Crippen molar-refractivity contribution in [3.05, 3.63) is 54.2 Å². The Hall–Kier alpha value is -4.28. The number of nitrogens with one attached hydrogen (secondary N) is 1. The van der Waals surface area contributed by atoms with E-state index in [0.29, 0.717) is 41.2 Å². The normalized spacial score (nSPS) is 11.6. The minimum atomic E-state index is -0.619. The van der Waals surface area contributed by atoms with Crippen LogP contribution >= 0.6 is 0 Å². The van der Waals surface area contributed by atoms with Crippen molar-refractivity contribution in [2.45, 2.75) is 13.5 Å². The zero-order valence-corrected chi connectivity index (χ0v) is 19.2. The first-order chi connectivity index (χ1) is 16.4. The molecule has 0 bridgehead atoms. The number of ether oxygens (including phenoxy) is 2. The van der Waals surface area contributed by atoms with Gasteiger partial charge in [-0.3, -0.25) is 14.5 Å². The number of hydrogen-bond donors (Lipinski definition) is 1. The molecule has 0 saturated heterocycles. The van der Waals surface area contributed by atoms with E-state index in [1.54, 1.807) is 33.8 Å². The third kappa shape index (κ3) is 4.72. The summed E-state index contributed by atoms with van der Waals surface area (Å²) < 4.78 is 28.8. The molecule has 0 aliphatic carbocycles. The lowest BCUT2D eigenvalue weighted by Crippen LogP contribution is -2.30. The van der Waals surface area contributed by atoms with Crippen LogP contribution in [0.4, 0.5) is 10.1 Å². The van der Waals surface area contributed by atoms with Crippen LogP contribution in [0.3, 0.4) is 0 Å². The second-order valence-electron chi connectivity index (χ2n) is 7.47. The summed E-state index contributed by atoms with van der Waals surface area (Å²) in [6.45, 7) is 2.10. The van der Waals surface area contributed by atoms with E-state index < -0.39 is 5.82 Å². The lowest BCUT2D eigenvalue weighted by atomic mass is 10.2. The number of pyridine rings is 1. The highest BCUT2D eigenvalue weighted by Crippen LogP contribution is 2.32. The number of benzene rings is 1. The van der Waals surface area contributed by atoms with E-state index in [4.69, 9.17) is 14.5 Å². The zero-order chi connectivity index (χ0) is 24.2. The number of amides is 1. The molecule has 1 aromatic carbocycles. The molecule has 3 aromatic heterocycles. The largest absolute Gasteiger partial charge is 0.497 e. The van der Waals surface area contributed by atoms with Gasteiger partial charge in [-0.2, -0.15) is 5.10 Å². The van der Waals surface area contributed by atoms with Crippen molar-refractivity contribution in [2.75, 3.05) is 20.8 Å². The van der Waals surface area contributed by atoms with Crippen molar-refractivity contribution in [3.63, 3.8) is 0 Å². The summed E-state index contributed by atoms with van der Waals surface area (Å²) >= 11 is 0. The molecule has 34 heavy (non-hydrogen) atoms. The van der Waals surface area contributed by atoms with Crippen LogP contribution in [0.25, 0.3) is 22.4 Å². The highest BCUT2D eigenvalue weighted by Gasteiger charge is 2.13. The van der Waals surface area contributed by atoms with E-state index in [1.807, 2.05) is 13.2 Å². The standard InChI is InChI=1S/C23H24FN7O3/c1-14(32)25-7-8-31-21(28-18-9-16(33-3)10-20(34-4)22(18)24)6-5-17-23(31)29-19(12-26-17)15-11-27-30(2)13-15/h5-6,9-13H,7-8H2,1-4H3,(H,25,32)/b28-21+. The van der Waals surface area contributed by atoms with Gasteiger partial charge in [0.25, 0.3) is 0 Å².